The minimum Gasteiger partial charge on any atom is -0.242 e. The Balaban J connectivity index is 3.14. The Labute approximate surface area is 122 Å². The standard InChI is InChI=1S/C11H13Cl2N3O2S/c1-3-16(7-8(2)5-14)19(17,18)9-4-10(12)11(13)15-6-9/h4,6,8H,3,7H2,1-2H3. The Morgan fingerprint density at radius 2 is 2.16 bits per heavy atom. The van der Waals surface area contributed by atoms with Gasteiger partial charge in [-0.3, -0.25) is 0 Å². The van der Waals surface area contributed by atoms with Gasteiger partial charge in [-0.1, -0.05) is 30.1 Å². The molecule has 1 heterocycles. The van der Waals surface area contributed by atoms with E-state index in [9.17, 15) is 8.42 Å². The zero-order valence-corrected chi connectivity index (χ0v) is 12.8. The van der Waals surface area contributed by atoms with Crippen LogP contribution in [0.1, 0.15) is 13.8 Å². The monoisotopic (exact) mass is 321 g/mol. The molecule has 0 aromatic carbocycles. The highest BCUT2D eigenvalue weighted by Gasteiger charge is 2.25. The highest BCUT2D eigenvalue weighted by Crippen LogP contribution is 2.24. The Kier molecular flexibility index (Phi) is 5.56. The molecule has 0 amide bonds. The molecule has 1 aromatic heterocycles. The summed E-state index contributed by atoms with van der Waals surface area (Å²) in [6.07, 6.45) is 1.16. The van der Waals surface area contributed by atoms with Crippen LogP contribution >= 0.6 is 23.2 Å². The second-order valence-electron chi connectivity index (χ2n) is 3.93. The summed E-state index contributed by atoms with van der Waals surface area (Å²) in [5.41, 5.74) is 0. The normalized spacial score (nSPS) is 13.3. The van der Waals surface area contributed by atoms with Crippen molar-refractivity contribution in [2.75, 3.05) is 13.1 Å². The van der Waals surface area contributed by atoms with Crippen molar-refractivity contribution in [1.82, 2.24) is 9.29 Å². The van der Waals surface area contributed by atoms with Gasteiger partial charge in [0.1, 0.15) is 10.0 Å². The average Bonchev–Trinajstić information content (AvgIpc) is 2.38. The molecule has 0 saturated carbocycles. The van der Waals surface area contributed by atoms with Crippen molar-refractivity contribution in [3.05, 3.63) is 22.4 Å². The summed E-state index contributed by atoms with van der Waals surface area (Å²) < 4.78 is 25.9. The Morgan fingerprint density at radius 1 is 1.53 bits per heavy atom. The lowest BCUT2D eigenvalue weighted by Crippen LogP contribution is -2.34. The van der Waals surface area contributed by atoms with Crippen LogP contribution in [0.3, 0.4) is 0 Å². The molecule has 8 heteroatoms. The fourth-order valence-corrected chi connectivity index (χ4v) is 3.28. The molecule has 19 heavy (non-hydrogen) atoms. The third kappa shape index (κ3) is 3.80. The predicted molar refractivity (Wildman–Crippen MR) is 73.5 cm³/mol. The first-order valence-electron chi connectivity index (χ1n) is 5.53. The van der Waals surface area contributed by atoms with Crippen molar-refractivity contribution in [3.63, 3.8) is 0 Å². The molecule has 0 radical (unpaired) electrons. The quantitative estimate of drug-likeness (QED) is 0.781. The van der Waals surface area contributed by atoms with Gasteiger partial charge < -0.3 is 0 Å². The molecule has 1 aromatic rings. The Bertz CT molecular complexity index is 598. The SMILES string of the molecule is CCN(CC(C)C#N)S(=O)(=O)c1cnc(Cl)c(Cl)c1. The van der Waals surface area contributed by atoms with Crippen LogP contribution in [0.4, 0.5) is 0 Å². The van der Waals surface area contributed by atoms with Crippen molar-refractivity contribution < 1.29 is 8.42 Å². The molecular formula is C11H13Cl2N3O2S. The van der Waals surface area contributed by atoms with E-state index in [0.29, 0.717) is 0 Å². The molecule has 0 bridgehead atoms. The number of aromatic nitrogens is 1. The van der Waals surface area contributed by atoms with E-state index < -0.39 is 15.9 Å². The van der Waals surface area contributed by atoms with E-state index in [1.807, 2.05) is 6.07 Å². The van der Waals surface area contributed by atoms with Crippen LogP contribution < -0.4 is 0 Å². The molecule has 104 valence electrons. The maximum Gasteiger partial charge on any atom is 0.244 e. The number of nitriles is 1. The number of nitrogens with zero attached hydrogens (tertiary/aromatic N) is 3. The van der Waals surface area contributed by atoms with Gasteiger partial charge in [0.15, 0.2) is 0 Å². The lowest BCUT2D eigenvalue weighted by Gasteiger charge is -2.21. The van der Waals surface area contributed by atoms with Gasteiger partial charge in [0, 0.05) is 19.3 Å². The molecule has 0 aliphatic rings. The van der Waals surface area contributed by atoms with E-state index in [0.717, 1.165) is 6.20 Å². The van der Waals surface area contributed by atoms with Gasteiger partial charge in [0.05, 0.1) is 17.0 Å². The average molecular weight is 322 g/mol. The minimum atomic E-state index is -3.72. The highest BCUT2D eigenvalue weighted by molar-refractivity contribution is 7.89. The first kappa shape index (κ1) is 16.2. The number of pyridine rings is 1. The van der Waals surface area contributed by atoms with E-state index in [2.05, 4.69) is 4.98 Å². The molecule has 1 rings (SSSR count). The zero-order chi connectivity index (χ0) is 14.6. The van der Waals surface area contributed by atoms with Gasteiger partial charge in [0.2, 0.25) is 10.0 Å². The molecule has 0 fully saturated rings. The molecular weight excluding hydrogens is 309 g/mol. The molecule has 5 nitrogen and oxygen atoms in total. The number of halogens is 2. The fourth-order valence-electron chi connectivity index (χ4n) is 1.44. The minimum absolute atomic E-state index is 0.0334. The van der Waals surface area contributed by atoms with Gasteiger partial charge in [0.25, 0.3) is 0 Å². The molecule has 0 saturated heterocycles. The highest BCUT2D eigenvalue weighted by atomic mass is 35.5. The lowest BCUT2D eigenvalue weighted by atomic mass is 10.2. The zero-order valence-electron chi connectivity index (χ0n) is 10.5. The van der Waals surface area contributed by atoms with E-state index in [1.165, 1.54) is 10.4 Å². The second kappa shape index (κ2) is 6.53. The van der Waals surface area contributed by atoms with Crippen LogP contribution in [-0.4, -0.2) is 30.8 Å². The largest absolute Gasteiger partial charge is 0.244 e. The van der Waals surface area contributed by atoms with Crippen molar-refractivity contribution in [2.45, 2.75) is 18.7 Å². The number of rotatable bonds is 5. The van der Waals surface area contributed by atoms with Crippen LogP contribution in [0.25, 0.3) is 0 Å². The third-order valence-electron chi connectivity index (χ3n) is 2.46. The summed E-state index contributed by atoms with van der Waals surface area (Å²) in [6, 6.07) is 3.26. The Hall–Kier alpha value is -0.870. The molecule has 0 aliphatic heterocycles. The smallest absolute Gasteiger partial charge is 0.242 e. The summed E-state index contributed by atoms with van der Waals surface area (Å²) in [4.78, 5) is 3.69. The van der Waals surface area contributed by atoms with Gasteiger partial charge in [-0.2, -0.15) is 9.57 Å². The maximum absolute atomic E-state index is 12.4. The molecule has 0 spiro atoms. The predicted octanol–water partition coefficient (Wildman–Crippen LogP) is 2.56. The number of sulfonamides is 1. The van der Waals surface area contributed by atoms with Crippen LogP contribution in [-0.2, 0) is 10.0 Å². The van der Waals surface area contributed by atoms with Gasteiger partial charge in [-0.15, -0.1) is 0 Å². The van der Waals surface area contributed by atoms with Crippen molar-refractivity contribution in [2.24, 2.45) is 5.92 Å². The van der Waals surface area contributed by atoms with Crippen molar-refractivity contribution in [3.8, 4) is 6.07 Å². The number of hydrogen-bond donors (Lipinski definition) is 0. The van der Waals surface area contributed by atoms with Gasteiger partial charge >= 0.3 is 0 Å². The summed E-state index contributed by atoms with van der Waals surface area (Å²) in [5.74, 6) is -0.398. The third-order valence-corrected chi connectivity index (χ3v) is 5.05. The van der Waals surface area contributed by atoms with Crippen LogP contribution in [0.5, 0.6) is 0 Å². The molecule has 0 N–H and O–H groups in total. The summed E-state index contributed by atoms with van der Waals surface area (Å²) in [7, 11) is -3.72. The summed E-state index contributed by atoms with van der Waals surface area (Å²) >= 11 is 11.4. The maximum atomic E-state index is 12.4. The first-order chi connectivity index (χ1) is 8.82. The Morgan fingerprint density at radius 3 is 2.63 bits per heavy atom. The van der Waals surface area contributed by atoms with Crippen LogP contribution in [0.2, 0.25) is 10.2 Å². The topological polar surface area (TPSA) is 74.1 Å². The number of hydrogen-bond acceptors (Lipinski definition) is 4. The van der Waals surface area contributed by atoms with Crippen LogP contribution in [0.15, 0.2) is 17.2 Å². The van der Waals surface area contributed by atoms with Crippen molar-refractivity contribution >= 4 is 33.2 Å². The van der Waals surface area contributed by atoms with Crippen LogP contribution in [0, 0.1) is 17.2 Å². The fraction of sp³-hybridized carbons (Fsp3) is 0.455. The molecule has 1 atom stereocenters. The summed E-state index contributed by atoms with van der Waals surface area (Å²) in [6.45, 7) is 3.74. The van der Waals surface area contributed by atoms with E-state index in [1.54, 1.807) is 13.8 Å². The van der Waals surface area contributed by atoms with E-state index in [4.69, 9.17) is 28.5 Å². The van der Waals surface area contributed by atoms with Crippen molar-refractivity contribution in [1.29, 1.82) is 5.26 Å². The lowest BCUT2D eigenvalue weighted by molar-refractivity contribution is 0.399. The first-order valence-corrected chi connectivity index (χ1v) is 7.73. The van der Waals surface area contributed by atoms with Gasteiger partial charge in [-0.05, 0) is 13.0 Å². The van der Waals surface area contributed by atoms with Gasteiger partial charge in [-0.25, -0.2) is 13.4 Å². The molecule has 0 aliphatic carbocycles. The summed E-state index contributed by atoms with van der Waals surface area (Å²) in [5, 5.41) is 8.90. The van der Waals surface area contributed by atoms with E-state index >= 15 is 0 Å². The molecule has 1 unspecified atom stereocenters. The van der Waals surface area contributed by atoms with E-state index in [-0.39, 0.29) is 28.2 Å². The second-order valence-corrected chi connectivity index (χ2v) is 6.63.